The summed E-state index contributed by atoms with van der Waals surface area (Å²) in [6.07, 6.45) is 4.00. The van der Waals surface area contributed by atoms with Crippen molar-refractivity contribution in [1.82, 2.24) is 15.2 Å². The zero-order chi connectivity index (χ0) is 21.3. The molecule has 0 aliphatic carbocycles. The van der Waals surface area contributed by atoms with Crippen LogP contribution in [0.15, 0.2) is 79.0 Å². The van der Waals surface area contributed by atoms with Crippen LogP contribution in [0.25, 0.3) is 0 Å². The Kier molecular flexibility index (Phi) is 7.29. The second-order valence-electron chi connectivity index (χ2n) is 8.17. The molecule has 1 amide bonds. The third-order valence-corrected chi connectivity index (χ3v) is 5.81. The Morgan fingerprint density at radius 3 is 2.52 bits per heavy atom. The van der Waals surface area contributed by atoms with E-state index in [1.54, 1.807) is 6.20 Å². The fourth-order valence-corrected chi connectivity index (χ4v) is 4.01. The summed E-state index contributed by atoms with van der Waals surface area (Å²) in [4.78, 5) is 19.2. The molecule has 2 heterocycles. The second kappa shape index (κ2) is 10.7. The molecule has 0 bridgehead atoms. The van der Waals surface area contributed by atoms with E-state index in [4.69, 9.17) is 0 Å². The van der Waals surface area contributed by atoms with E-state index in [0.717, 1.165) is 43.9 Å². The van der Waals surface area contributed by atoms with Crippen molar-refractivity contribution in [1.29, 1.82) is 0 Å². The quantitative estimate of drug-likeness (QED) is 0.556. The first kappa shape index (κ1) is 21.1. The number of aromatic nitrogens is 1. The number of nitrogens with zero attached hydrogens (tertiary/aromatic N) is 2. The Balaban J connectivity index is 1.21. The maximum Gasteiger partial charge on any atom is 0.270 e. The second-order valence-corrected chi connectivity index (χ2v) is 8.17. The van der Waals surface area contributed by atoms with E-state index >= 15 is 0 Å². The molecule has 0 spiro atoms. The first-order valence-electron chi connectivity index (χ1n) is 11.0. The van der Waals surface area contributed by atoms with Crippen LogP contribution in [-0.4, -0.2) is 42.0 Å². The van der Waals surface area contributed by atoms with Crippen molar-refractivity contribution >= 4 is 11.6 Å². The molecule has 1 saturated heterocycles. The van der Waals surface area contributed by atoms with Gasteiger partial charge in [-0.25, -0.2) is 0 Å². The Morgan fingerprint density at radius 1 is 1.00 bits per heavy atom. The summed E-state index contributed by atoms with van der Waals surface area (Å²) in [6.45, 7) is 4.80. The molecule has 1 unspecified atom stereocenters. The highest BCUT2D eigenvalue weighted by atomic mass is 16.1. The monoisotopic (exact) mass is 414 g/mol. The average molecular weight is 415 g/mol. The van der Waals surface area contributed by atoms with Crippen molar-refractivity contribution in [2.24, 2.45) is 5.92 Å². The van der Waals surface area contributed by atoms with E-state index in [2.05, 4.69) is 50.8 Å². The van der Waals surface area contributed by atoms with Crippen LogP contribution in [0.4, 0.5) is 5.69 Å². The highest BCUT2D eigenvalue weighted by Gasteiger charge is 2.22. The minimum atomic E-state index is -0.152. The van der Waals surface area contributed by atoms with E-state index in [9.17, 15) is 4.79 Å². The van der Waals surface area contributed by atoms with Gasteiger partial charge in [-0.3, -0.25) is 9.78 Å². The fraction of sp³-hybridized carbons (Fsp3) is 0.308. The van der Waals surface area contributed by atoms with Crippen LogP contribution < -0.4 is 10.6 Å². The van der Waals surface area contributed by atoms with Gasteiger partial charge in [0.25, 0.3) is 5.91 Å². The molecule has 2 aromatic carbocycles. The number of nitrogens with one attached hydrogen (secondary N) is 2. The van der Waals surface area contributed by atoms with Gasteiger partial charge in [0, 0.05) is 38.1 Å². The first-order valence-corrected chi connectivity index (χ1v) is 11.0. The van der Waals surface area contributed by atoms with Crippen molar-refractivity contribution < 1.29 is 4.79 Å². The third kappa shape index (κ3) is 6.40. The van der Waals surface area contributed by atoms with Gasteiger partial charge in [-0.15, -0.1) is 0 Å². The lowest BCUT2D eigenvalue weighted by molar-refractivity contribution is 0.0946. The van der Waals surface area contributed by atoms with Crippen molar-refractivity contribution in [2.75, 3.05) is 31.5 Å². The third-order valence-electron chi connectivity index (χ3n) is 5.81. The van der Waals surface area contributed by atoms with Gasteiger partial charge in [0.2, 0.25) is 0 Å². The molecule has 5 nitrogen and oxygen atoms in total. The smallest absolute Gasteiger partial charge is 0.270 e. The summed E-state index contributed by atoms with van der Waals surface area (Å²) in [6, 6.07) is 24.3. The van der Waals surface area contributed by atoms with E-state index in [-0.39, 0.29) is 5.91 Å². The van der Waals surface area contributed by atoms with Gasteiger partial charge < -0.3 is 15.5 Å². The maximum atomic E-state index is 12.5. The average Bonchev–Trinajstić information content (AvgIpc) is 3.29. The summed E-state index contributed by atoms with van der Waals surface area (Å²) in [7, 11) is 0. The zero-order valence-corrected chi connectivity index (χ0v) is 17.8. The lowest BCUT2D eigenvalue weighted by Crippen LogP contribution is -2.25. The van der Waals surface area contributed by atoms with Crippen LogP contribution in [0.2, 0.25) is 0 Å². The van der Waals surface area contributed by atoms with Gasteiger partial charge in [-0.1, -0.05) is 60.7 Å². The molecule has 0 radical (unpaired) electrons. The normalized spacial score (nSPS) is 16.2. The zero-order valence-electron chi connectivity index (χ0n) is 17.8. The summed E-state index contributed by atoms with van der Waals surface area (Å²) >= 11 is 0. The topological polar surface area (TPSA) is 57.3 Å². The van der Waals surface area contributed by atoms with Crippen LogP contribution in [0.3, 0.4) is 0 Å². The molecule has 3 aromatic rings. The summed E-state index contributed by atoms with van der Waals surface area (Å²) in [5.41, 5.74) is 3.86. The van der Waals surface area contributed by atoms with Crippen molar-refractivity contribution in [3.8, 4) is 0 Å². The molecule has 5 heteroatoms. The van der Waals surface area contributed by atoms with E-state index in [1.807, 2.05) is 42.5 Å². The van der Waals surface area contributed by atoms with Crippen LogP contribution in [-0.2, 0) is 13.0 Å². The number of rotatable bonds is 9. The lowest BCUT2D eigenvalue weighted by Gasteiger charge is -2.17. The molecule has 1 aliphatic rings. The van der Waals surface area contributed by atoms with Crippen LogP contribution in [0.1, 0.15) is 28.0 Å². The molecule has 1 fully saturated rings. The largest absolute Gasteiger partial charge is 0.385 e. The highest BCUT2D eigenvalue weighted by Crippen LogP contribution is 2.18. The van der Waals surface area contributed by atoms with E-state index in [1.165, 1.54) is 12.0 Å². The van der Waals surface area contributed by atoms with E-state index < -0.39 is 0 Å². The molecule has 31 heavy (non-hydrogen) atoms. The SMILES string of the molecule is O=C(NCc1ccccc1)c1cc(NCC2CCN(CCc3ccccc3)C2)ccn1. The number of hydrogen-bond acceptors (Lipinski definition) is 4. The number of carbonyl (C=O) groups excluding carboxylic acids is 1. The molecule has 4 rings (SSSR count). The number of carbonyl (C=O) groups is 1. The highest BCUT2D eigenvalue weighted by molar-refractivity contribution is 5.93. The number of hydrogen-bond donors (Lipinski definition) is 2. The minimum absolute atomic E-state index is 0.152. The predicted molar refractivity (Wildman–Crippen MR) is 125 cm³/mol. The number of anilines is 1. The van der Waals surface area contributed by atoms with Crippen molar-refractivity contribution in [3.63, 3.8) is 0 Å². The Morgan fingerprint density at radius 2 is 1.74 bits per heavy atom. The molecule has 0 saturated carbocycles. The Hall–Kier alpha value is -3.18. The molecule has 160 valence electrons. The molecular weight excluding hydrogens is 384 g/mol. The van der Waals surface area contributed by atoms with Crippen LogP contribution >= 0.6 is 0 Å². The molecule has 1 aliphatic heterocycles. The minimum Gasteiger partial charge on any atom is -0.385 e. The van der Waals surface area contributed by atoms with Gasteiger partial charge in [-0.2, -0.15) is 0 Å². The maximum absolute atomic E-state index is 12.5. The Labute approximate surface area is 184 Å². The fourth-order valence-electron chi connectivity index (χ4n) is 4.01. The molecule has 2 N–H and O–H groups in total. The van der Waals surface area contributed by atoms with Gasteiger partial charge in [0.05, 0.1) is 0 Å². The molecule has 1 atom stereocenters. The number of amides is 1. The van der Waals surface area contributed by atoms with Gasteiger partial charge in [0.1, 0.15) is 5.69 Å². The number of benzene rings is 2. The standard InChI is InChI=1S/C26H30N4O/c31-26(29-18-22-9-5-2-6-10-22)25-17-24(11-14-27-25)28-19-23-13-16-30(20-23)15-12-21-7-3-1-4-8-21/h1-11,14,17,23H,12-13,15-16,18-20H2,(H,27,28)(H,29,31). The molecule has 1 aromatic heterocycles. The van der Waals surface area contributed by atoms with Crippen molar-refractivity contribution in [2.45, 2.75) is 19.4 Å². The lowest BCUT2D eigenvalue weighted by atomic mass is 10.1. The van der Waals surface area contributed by atoms with Crippen LogP contribution in [0, 0.1) is 5.92 Å². The molecular formula is C26H30N4O. The number of pyridine rings is 1. The first-order chi connectivity index (χ1) is 15.3. The summed E-state index contributed by atoms with van der Waals surface area (Å²) in [5, 5.41) is 6.44. The van der Waals surface area contributed by atoms with Gasteiger partial charge in [-0.05, 0) is 48.6 Å². The summed E-state index contributed by atoms with van der Waals surface area (Å²) < 4.78 is 0. The van der Waals surface area contributed by atoms with Crippen LogP contribution in [0.5, 0.6) is 0 Å². The Bertz CT molecular complexity index is 961. The van der Waals surface area contributed by atoms with E-state index in [0.29, 0.717) is 18.2 Å². The van der Waals surface area contributed by atoms with Crippen molar-refractivity contribution in [3.05, 3.63) is 95.8 Å². The summed E-state index contributed by atoms with van der Waals surface area (Å²) in [5.74, 6) is 0.472. The van der Waals surface area contributed by atoms with Gasteiger partial charge >= 0.3 is 0 Å². The number of likely N-dealkylation sites (tertiary alicyclic amines) is 1. The van der Waals surface area contributed by atoms with Gasteiger partial charge in [0.15, 0.2) is 0 Å². The predicted octanol–water partition coefficient (Wildman–Crippen LogP) is 3.99.